The van der Waals surface area contributed by atoms with E-state index in [1.54, 1.807) is 19.2 Å². The molecule has 0 bridgehead atoms. The van der Waals surface area contributed by atoms with Crippen LogP contribution in [0.3, 0.4) is 0 Å². The van der Waals surface area contributed by atoms with Crippen molar-refractivity contribution in [3.05, 3.63) is 88.7 Å². The highest BCUT2D eigenvalue weighted by Crippen LogP contribution is 2.56. The third-order valence-electron chi connectivity index (χ3n) is 9.81. The molecular weight excluding hydrogens is 515 g/mol. The number of rotatable bonds is 7. The molecule has 3 aliphatic carbocycles. The van der Waals surface area contributed by atoms with E-state index in [0.717, 1.165) is 67.4 Å². The molecule has 4 nitrogen and oxygen atoms in total. The van der Waals surface area contributed by atoms with Crippen molar-refractivity contribution < 1.29 is 23.4 Å². The second kappa shape index (κ2) is 10.7. The average Bonchev–Trinajstić information content (AvgIpc) is 3.33. The molecule has 0 aromatic heterocycles. The van der Waals surface area contributed by atoms with E-state index in [0.29, 0.717) is 17.9 Å². The van der Waals surface area contributed by atoms with Crippen LogP contribution in [-0.2, 0) is 28.0 Å². The molecule has 214 valence electrons. The minimum absolute atomic E-state index is 0.00463. The van der Waals surface area contributed by atoms with Gasteiger partial charge >= 0.3 is 5.97 Å². The smallest absolute Gasteiger partial charge is 0.309 e. The number of halogens is 1. The van der Waals surface area contributed by atoms with Gasteiger partial charge in [-0.2, -0.15) is 0 Å². The molecule has 0 heterocycles. The van der Waals surface area contributed by atoms with Crippen molar-refractivity contribution in [2.75, 3.05) is 14.2 Å². The molecule has 41 heavy (non-hydrogen) atoms. The lowest BCUT2D eigenvalue weighted by Crippen LogP contribution is -2.50. The molecule has 1 fully saturated rings. The Hall–Kier alpha value is -3.60. The first-order valence-electron chi connectivity index (χ1n) is 14.8. The molecule has 3 aliphatic rings. The van der Waals surface area contributed by atoms with Crippen molar-refractivity contribution in [2.24, 2.45) is 11.3 Å². The van der Waals surface area contributed by atoms with Gasteiger partial charge in [-0.1, -0.05) is 38.1 Å². The number of aryl methyl sites for hydroxylation is 1. The van der Waals surface area contributed by atoms with Gasteiger partial charge in [-0.3, -0.25) is 4.79 Å². The Morgan fingerprint density at radius 1 is 0.927 bits per heavy atom. The van der Waals surface area contributed by atoms with Crippen molar-refractivity contribution >= 4 is 11.5 Å². The first kappa shape index (κ1) is 27.6. The molecule has 6 rings (SSSR count). The molecule has 1 saturated carbocycles. The second-order valence-electron chi connectivity index (χ2n) is 12.5. The van der Waals surface area contributed by atoms with Crippen molar-refractivity contribution in [3.8, 4) is 22.6 Å². The second-order valence-corrected chi connectivity index (χ2v) is 12.5. The third kappa shape index (κ3) is 4.83. The zero-order chi connectivity index (χ0) is 28.8. The normalized spacial score (nSPS) is 22.5. The Balaban J connectivity index is 1.31. The van der Waals surface area contributed by atoms with E-state index in [1.807, 2.05) is 18.2 Å². The lowest BCUT2D eigenvalue weighted by Gasteiger charge is -2.51. The van der Waals surface area contributed by atoms with E-state index in [2.05, 4.69) is 38.1 Å². The molecule has 5 heteroatoms. The fraction of sp³-hybridized carbons (Fsp3) is 0.417. The van der Waals surface area contributed by atoms with E-state index in [1.165, 1.54) is 29.9 Å². The fourth-order valence-electron chi connectivity index (χ4n) is 7.41. The van der Waals surface area contributed by atoms with Crippen LogP contribution in [0.4, 0.5) is 4.39 Å². The van der Waals surface area contributed by atoms with Gasteiger partial charge in [0.2, 0.25) is 0 Å². The number of hydrogen-bond acceptors (Lipinski definition) is 4. The van der Waals surface area contributed by atoms with Gasteiger partial charge in [-0.15, -0.1) is 0 Å². The van der Waals surface area contributed by atoms with Gasteiger partial charge in [0.1, 0.15) is 23.9 Å². The minimum atomic E-state index is -0.267. The molecular formula is C36H39FO4. The van der Waals surface area contributed by atoms with Crippen molar-refractivity contribution in [1.82, 2.24) is 0 Å². The van der Waals surface area contributed by atoms with Crippen LogP contribution in [0.5, 0.6) is 11.5 Å². The fourth-order valence-corrected chi connectivity index (χ4v) is 7.41. The van der Waals surface area contributed by atoms with Gasteiger partial charge in [-0.05, 0) is 120 Å². The van der Waals surface area contributed by atoms with Gasteiger partial charge < -0.3 is 14.2 Å². The van der Waals surface area contributed by atoms with E-state index < -0.39 is 0 Å². The zero-order valence-corrected chi connectivity index (χ0v) is 24.5. The summed E-state index contributed by atoms with van der Waals surface area (Å²) in [6.45, 7) is 4.91. The SMILES string of the molecule is COC(=O)[C@H]1CC[C@]12CCCc1ccc(OCc3ccc(-c4cc(OC)ccc4F)c(C4=CCCC4(C)C)c3)cc12. The van der Waals surface area contributed by atoms with Crippen LogP contribution in [0.25, 0.3) is 16.7 Å². The maximum Gasteiger partial charge on any atom is 0.309 e. The predicted octanol–water partition coefficient (Wildman–Crippen LogP) is 8.44. The number of allylic oxidation sites excluding steroid dienone is 2. The van der Waals surface area contributed by atoms with Gasteiger partial charge in [0.15, 0.2) is 0 Å². The highest BCUT2D eigenvalue weighted by atomic mass is 19.1. The quantitative estimate of drug-likeness (QED) is 0.275. The van der Waals surface area contributed by atoms with Crippen LogP contribution >= 0.6 is 0 Å². The minimum Gasteiger partial charge on any atom is -0.497 e. The number of benzene rings is 3. The van der Waals surface area contributed by atoms with E-state index in [-0.39, 0.29) is 28.5 Å². The predicted molar refractivity (Wildman–Crippen MR) is 160 cm³/mol. The lowest BCUT2D eigenvalue weighted by molar-refractivity contribution is -0.153. The summed E-state index contributed by atoms with van der Waals surface area (Å²) >= 11 is 0. The molecule has 3 aromatic rings. The summed E-state index contributed by atoms with van der Waals surface area (Å²) in [7, 11) is 3.09. The van der Waals surface area contributed by atoms with Gasteiger partial charge in [0, 0.05) is 11.0 Å². The van der Waals surface area contributed by atoms with Crippen molar-refractivity contribution in [3.63, 3.8) is 0 Å². The first-order valence-corrected chi connectivity index (χ1v) is 14.8. The standard InChI is InChI=1S/C36H39FO4/c1-35(2)16-6-8-30(35)28-19-23(9-13-27(28)29-20-25(39-3)12-14-33(29)37)22-41-26-11-10-24-7-5-17-36(32(24)21-26)18-15-31(36)34(38)40-4/h8-14,19-21,31H,5-7,15-18,22H2,1-4H3/t31-,36-/m1/s1. The Labute approximate surface area is 242 Å². The number of fused-ring (bicyclic) bond motifs is 2. The van der Waals surface area contributed by atoms with Crippen molar-refractivity contribution in [1.29, 1.82) is 0 Å². The van der Waals surface area contributed by atoms with Crippen LogP contribution in [-0.4, -0.2) is 20.2 Å². The van der Waals surface area contributed by atoms with Crippen LogP contribution in [0, 0.1) is 17.2 Å². The van der Waals surface area contributed by atoms with Crippen LogP contribution in [0.15, 0.2) is 60.7 Å². The lowest BCUT2D eigenvalue weighted by atomic mass is 9.52. The summed E-state index contributed by atoms with van der Waals surface area (Å²) in [5.74, 6) is 1.00. The van der Waals surface area contributed by atoms with Gasteiger partial charge in [-0.25, -0.2) is 4.39 Å². The number of ether oxygens (including phenoxy) is 3. The summed E-state index contributed by atoms with van der Waals surface area (Å²) in [5, 5.41) is 0. The van der Waals surface area contributed by atoms with Crippen molar-refractivity contribution in [2.45, 2.75) is 70.8 Å². The molecule has 0 unspecified atom stereocenters. The Kier molecular flexibility index (Phi) is 7.17. The van der Waals surface area contributed by atoms with Crippen LogP contribution in [0.1, 0.15) is 74.6 Å². The van der Waals surface area contributed by atoms with E-state index in [9.17, 15) is 4.79 Å². The highest BCUT2D eigenvalue weighted by molar-refractivity contribution is 5.85. The monoisotopic (exact) mass is 554 g/mol. The summed E-state index contributed by atoms with van der Waals surface area (Å²) < 4.78 is 32.1. The van der Waals surface area contributed by atoms with E-state index in [4.69, 9.17) is 14.2 Å². The molecule has 0 N–H and O–H groups in total. The average molecular weight is 555 g/mol. The third-order valence-corrected chi connectivity index (χ3v) is 9.81. The number of methoxy groups -OCH3 is 2. The first-order chi connectivity index (χ1) is 19.8. The van der Waals surface area contributed by atoms with Crippen LogP contribution in [0.2, 0.25) is 0 Å². The zero-order valence-electron chi connectivity index (χ0n) is 24.5. The topological polar surface area (TPSA) is 44.8 Å². The van der Waals surface area contributed by atoms with E-state index >= 15 is 4.39 Å². The molecule has 2 atom stereocenters. The van der Waals surface area contributed by atoms with Crippen LogP contribution < -0.4 is 9.47 Å². The number of carbonyl (C=O) groups is 1. The number of carbonyl (C=O) groups excluding carboxylic acids is 1. The Morgan fingerprint density at radius 2 is 1.76 bits per heavy atom. The van der Waals surface area contributed by atoms with Gasteiger partial charge in [0.05, 0.1) is 20.1 Å². The summed E-state index contributed by atoms with van der Waals surface area (Å²) in [6, 6.07) is 17.5. The summed E-state index contributed by atoms with van der Waals surface area (Å²) in [4.78, 5) is 12.6. The maximum absolute atomic E-state index is 15.1. The molecule has 3 aromatic carbocycles. The van der Waals surface area contributed by atoms with Gasteiger partial charge in [0.25, 0.3) is 0 Å². The largest absolute Gasteiger partial charge is 0.497 e. The Morgan fingerprint density at radius 3 is 2.46 bits per heavy atom. The molecule has 0 saturated heterocycles. The molecule has 0 radical (unpaired) electrons. The number of hydrogen-bond donors (Lipinski definition) is 0. The Bertz CT molecular complexity index is 1520. The molecule has 1 spiro atoms. The summed E-state index contributed by atoms with van der Waals surface area (Å²) in [6.07, 6.45) is 9.39. The number of esters is 1. The molecule has 0 aliphatic heterocycles. The summed E-state index contributed by atoms with van der Waals surface area (Å²) in [5.41, 5.74) is 7.15. The maximum atomic E-state index is 15.1. The molecule has 0 amide bonds. The highest BCUT2D eigenvalue weighted by Gasteiger charge is 2.53.